The predicted octanol–water partition coefficient (Wildman–Crippen LogP) is 3.49. The summed E-state index contributed by atoms with van der Waals surface area (Å²) in [5, 5.41) is 3.93. The Balaban J connectivity index is 1.21. The number of nitrogens with zero attached hydrogens (tertiary/aromatic N) is 3. The largest absolute Gasteiger partial charge is 0.378 e. The van der Waals surface area contributed by atoms with E-state index in [0.717, 1.165) is 43.6 Å². The Morgan fingerprint density at radius 1 is 1.15 bits per heavy atom. The van der Waals surface area contributed by atoms with Crippen LogP contribution in [0, 0.1) is 5.92 Å². The van der Waals surface area contributed by atoms with Gasteiger partial charge in [-0.2, -0.15) is 0 Å². The first-order valence-electron chi connectivity index (χ1n) is 11.7. The zero-order valence-corrected chi connectivity index (χ0v) is 20.6. The molecule has 3 aliphatic rings. The van der Waals surface area contributed by atoms with Crippen molar-refractivity contribution in [2.75, 3.05) is 32.8 Å². The van der Waals surface area contributed by atoms with Gasteiger partial charge in [-0.1, -0.05) is 30.2 Å². The molecular formula is C25H29ClN4O3S. The summed E-state index contributed by atoms with van der Waals surface area (Å²) in [6.07, 6.45) is 8.70. The van der Waals surface area contributed by atoms with Crippen molar-refractivity contribution >= 4 is 46.5 Å². The zero-order valence-electron chi connectivity index (χ0n) is 19.0. The second-order valence-corrected chi connectivity index (χ2v) is 9.33. The SMILES string of the molecule is O=C(CCCCCN1C(=O)C2C=C(N3CCOCC3)C=CC2=NC1=S)NCc1ccc(Cl)cc1. The number of thiocarbonyl (C=S) groups is 1. The van der Waals surface area contributed by atoms with Crippen LogP contribution in [0.25, 0.3) is 0 Å². The summed E-state index contributed by atoms with van der Waals surface area (Å²) in [6.45, 7) is 4.03. The monoisotopic (exact) mass is 500 g/mol. The van der Waals surface area contributed by atoms with E-state index < -0.39 is 5.92 Å². The van der Waals surface area contributed by atoms with Gasteiger partial charge in [0.2, 0.25) is 16.9 Å². The van der Waals surface area contributed by atoms with E-state index in [1.807, 2.05) is 42.5 Å². The molecule has 4 rings (SSSR count). The van der Waals surface area contributed by atoms with Gasteiger partial charge < -0.3 is 15.0 Å². The van der Waals surface area contributed by atoms with E-state index in [1.165, 1.54) is 0 Å². The van der Waals surface area contributed by atoms with Crippen LogP contribution in [0.15, 0.2) is 53.2 Å². The molecule has 0 spiro atoms. The molecule has 0 radical (unpaired) electrons. The lowest BCUT2D eigenvalue weighted by molar-refractivity contribution is -0.128. The normalized spacial score (nSPS) is 20.1. The molecule has 1 saturated heterocycles. The number of halogens is 1. The van der Waals surface area contributed by atoms with Gasteiger partial charge in [0.15, 0.2) is 0 Å². The Labute approximate surface area is 210 Å². The maximum Gasteiger partial charge on any atom is 0.241 e. The van der Waals surface area contributed by atoms with E-state index in [-0.39, 0.29) is 11.8 Å². The number of rotatable bonds is 9. The summed E-state index contributed by atoms with van der Waals surface area (Å²) in [6, 6.07) is 7.42. The molecule has 2 aliphatic heterocycles. The van der Waals surface area contributed by atoms with Crippen molar-refractivity contribution < 1.29 is 14.3 Å². The van der Waals surface area contributed by atoms with Gasteiger partial charge in [0.1, 0.15) is 5.92 Å². The molecule has 34 heavy (non-hydrogen) atoms. The minimum Gasteiger partial charge on any atom is -0.378 e. The Kier molecular flexibility index (Phi) is 8.48. The minimum absolute atomic E-state index is 0.0172. The Hall–Kier alpha value is -2.55. The highest BCUT2D eigenvalue weighted by Crippen LogP contribution is 2.25. The highest BCUT2D eigenvalue weighted by Gasteiger charge is 2.35. The van der Waals surface area contributed by atoms with Crippen LogP contribution in [0.5, 0.6) is 0 Å². The number of benzene rings is 1. The number of ether oxygens (including phenoxy) is 1. The third kappa shape index (κ3) is 6.31. The summed E-state index contributed by atoms with van der Waals surface area (Å²) in [5.74, 6) is -0.400. The minimum atomic E-state index is -0.395. The van der Waals surface area contributed by atoms with Crippen molar-refractivity contribution in [1.29, 1.82) is 0 Å². The van der Waals surface area contributed by atoms with E-state index in [1.54, 1.807) is 4.90 Å². The first-order valence-corrected chi connectivity index (χ1v) is 12.5. The Morgan fingerprint density at radius 3 is 2.68 bits per heavy atom. The fourth-order valence-electron chi connectivity index (χ4n) is 4.19. The quantitative estimate of drug-likeness (QED) is 0.415. The van der Waals surface area contributed by atoms with Gasteiger partial charge in [-0.3, -0.25) is 14.5 Å². The molecule has 1 unspecified atom stereocenters. The van der Waals surface area contributed by atoms with Gasteiger partial charge >= 0.3 is 0 Å². The number of hydrogen-bond donors (Lipinski definition) is 1. The van der Waals surface area contributed by atoms with E-state index in [4.69, 9.17) is 28.6 Å². The highest BCUT2D eigenvalue weighted by atomic mass is 35.5. The average Bonchev–Trinajstić information content (AvgIpc) is 2.85. The number of carbonyl (C=O) groups is 2. The van der Waals surface area contributed by atoms with E-state index in [2.05, 4.69) is 15.2 Å². The molecule has 0 bridgehead atoms. The fourth-order valence-corrected chi connectivity index (χ4v) is 4.60. The van der Waals surface area contributed by atoms with Crippen LogP contribution in [0.3, 0.4) is 0 Å². The number of amides is 2. The van der Waals surface area contributed by atoms with Crippen molar-refractivity contribution in [3.63, 3.8) is 0 Å². The van der Waals surface area contributed by atoms with Crippen molar-refractivity contribution in [3.8, 4) is 0 Å². The maximum absolute atomic E-state index is 13.2. The average molecular weight is 501 g/mol. The second kappa shape index (κ2) is 11.7. The molecule has 1 aromatic carbocycles. The summed E-state index contributed by atoms with van der Waals surface area (Å²) in [4.78, 5) is 33.6. The summed E-state index contributed by atoms with van der Waals surface area (Å²) in [7, 11) is 0. The van der Waals surface area contributed by atoms with E-state index >= 15 is 0 Å². The van der Waals surface area contributed by atoms with Crippen LogP contribution in [-0.4, -0.2) is 65.3 Å². The van der Waals surface area contributed by atoms with Crippen LogP contribution < -0.4 is 5.32 Å². The molecule has 0 saturated carbocycles. The number of carbonyl (C=O) groups excluding carboxylic acids is 2. The molecule has 2 heterocycles. The molecule has 1 aliphatic carbocycles. The molecule has 0 aromatic heterocycles. The molecule has 1 fully saturated rings. The molecule has 2 amide bonds. The number of aliphatic imine (C=N–C) groups is 1. The van der Waals surface area contributed by atoms with Crippen LogP contribution in [0.4, 0.5) is 0 Å². The lowest BCUT2D eigenvalue weighted by atomic mass is 9.93. The van der Waals surface area contributed by atoms with Gasteiger partial charge in [0.25, 0.3) is 0 Å². The standard InChI is InChI=1S/C25H29ClN4O3S/c26-19-7-5-18(6-8-19)17-27-23(31)4-2-1-3-11-30-24(32)21-16-20(29-12-14-33-15-13-29)9-10-22(21)28-25(30)34/h5-10,16,21H,1-4,11-15,17H2,(H,27,31). The van der Waals surface area contributed by atoms with Gasteiger partial charge in [0, 0.05) is 43.3 Å². The van der Waals surface area contributed by atoms with Gasteiger partial charge in [-0.05, 0) is 61.0 Å². The van der Waals surface area contributed by atoms with Crippen molar-refractivity contribution in [2.24, 2.45) is 10.9 Å². The third-order valence-electron chi connectivity index (χ3n) is 6.13. The lowest BCUT2D eigenvalue weighted by Gasteiger charge is -2.35. The second-order valence-electron chi connectivity index (χ2n) is 8.52. The summed E-state index contributed by atoms with van der Waals surface area (Å²) in [5.41, 5.74) is 2.76. The fraction of sp³-hybridized carbons (Fsp3) is 0.440. The molecule has 1 N–H and O–H groups in total. The molecule has 9 heteroatoms. The van der Waals surface area contributed by atoms with Crippen LogP contribution in [0.2, 0.25) is 5.02 Å². The first-order chi connectivity index (χ1) is 16.5. The topological polar surface area (TPSA) is 74.2 Å². The van der Waals surface area contributed by atoms with E-state index in [9.17, 15) is 9.59 Å². The van der Waals surface area contributed by atoms with Gasteiger partial charge in [-0.15, -0.1) is 0 Å². The molecule has 180 valence electrons. The molecule has 1 aromatic rings. The number of nitrogens with one attached hydrogen (secondary N) is 1. The number of hydrogen-bond acceptors (Lipinski definition) is 5. The first kappa shape index (κ1) is 24.6. The zero-order chi connectivity index (χ0) is 23.9. The maximum atomic E-state index is 13.2. The summed E-state index contributed by atoms with van der Waals surface area (Å²) >= 11 is 11.3. The van der Waals surface area contributed by atoms with Crippen molar-refractivity contribution in [3.05, 3.63) is 58.8 Å². The van der Waals surface area contributed by atoms with Crippen molar-refractivity contribution in [1.82, 2.24) is 15.1 Å². The number of morpholine rings is 1. The molecular weight excluding hydrogens is 472 g/mol. The van der Waals surface area contributed by atoms with Crippen LogP contribution in [0.1, 0.15) is 31.2 Å². The summed E-state index contributed by atoms with van der Waals surface area (Å²) < 4.78 is 5.43. The number of unbranched alkanes of at least 4 members (excludes halogenated alkanes) is 2. The smallest absolute Gasteiger partial charge is 0.241 e. The molecule has 1 atom stereocenters. The van der Waals surface area contributed by atoms with Crippen LogP contribution >= 0.6 is 23.8 Å². The van der Waals surface area contributed by atoms with Crippen molar-refractivity contribution in [2.45, 2.75) is 32.2 Å². The van der Waals surface area contributed by atoms with Gasteiger partial charge in [0.05, 0.1) is 18.9 Å². The predicted molar refractivity (Wildman–Crippen MR) is 137 cm³/mol. The number of fused-ring (bicyclic) bond motifs is 1. The number of allylic oxidation sites excluding steroid dienone is 2. The highest BCUT2D eigenvalue weighted by molar-refractivity contribution is 7.80. The lowest BCUT2D eigenvalue weighted by Crippen LogP contribution is -2.47. The Morgan fingerprint density at radius 2 is 1.91 bits per heavy atom. The van der Waals surface area contributed by atoms with Crippen LogP contribution in [-0.2, 0) is 20.9 Å². The van der Waals surface area contributed by atoms with Gasteiger partial charge in [-0.25, -0.2) is 4.99 Å². The third-order valence-corrected chi connectivity index (χ3v) is 6.70. The van der Waals surface area contributed by atoms with E-state index in [0.29, 0.717) is 48.6 Å². The Bertz CT molecular complexity index is 1020. The molecule has 7 nitrogen and oxygen atoms in total.